The number of alkyl carbamates (subject to hydrolysis) is 1. The molecule has 10 nitrogen and oxygen atoms in total. The molecule has 2 N–H and O–H groups in total. The summed E-state index contributed by atoms with van der Waals surface area (Å²) >= 11 is 0. The van der Waals surface area contributed by atoms with Crippen LogP contribution in [0.4, 0.5) is 4.79 Å². The van der Waals surface area contributed by atoms with Crippen LogP contribution in [-0.4, -0.2) is 63.5 Å². The molecule has 1 aromatic rings. The lowest BCUT2D eigenvalue weighted by Gasteiger charge is -2.25. The molecule has 0 spiro atoms. The van der Waals surface area contributed by atoms with Gasteiger partial charge in [0, 0.05) is 14.2 Å². The van der Waals surface area contributed by atoms with Crippen LogP contribution in [0, 0.1) is 5.92 Å². The summed E-state index contributed by atoms with van der Waals surface area (Å²) < 4.78 is 31.9. The van der Waals surface area contributed by atoms with E-state index in [1.54, 1.807) is 0 Å². The highest BCUT2D eigenvalue weighted by atomic mass is 31.2. The van der Waals surface area contributed by atoms with E-state index in [-0.39, 0.29) is 18.0 Å². The van der Waals surface area contributed by atoms with Gasteiger partial charge in [-0.2, -0.15) is 0 Å². The molecule has 0 saturated carbocycles. The van der Waals surface area contributed by atoms with Gasteiger partial charge in [-0.05, 0) is 71.0 Å². The Morgan fingerprint density at radius 2 is 1.75 bits per heavy atom. The largest absolute Gasteiger partial charge is 0.462 e. The summed E-state index contributed by atoms with van der Waals surface area (Å²) in [6.45, 7) is 7.94. The van der Waals surface area contributed by atoms with E-state index in [1.165, 1.54) is 14.2 Å². The van der Waals surface area contributed by atoms with Gasteiger partial charge in [-0.1, -0.05) is 30.3 Å². The Morgan fingerprint density at radius 1 is 1.14 bits per heavy atom. The lowest BCUT2D eigenvalue weighted by Crippen LogP contribution is -2.43. The highest BCUT2D eigenvalue weighted by Crippen LogP contribution is 2.46. The van der Waals surface area contributed by atoms with Crippen LogP contribution in [-0.2, 0) is 39.3 Å². The van der Waals surface area contributed by atoms with Crippen molar-refractivity contribution in [2.24, 2.45) is 5.92 Å². The molecule has 1 unspecified atom stereocenters. The van der Waals surface area contributed by atoms with Gasteiger partial charge >= 0.3 is 13.7 Å². The summed E-state index contributed by atoms with van der Waals surface area (Å²) in [7, 11) is -1.03. The highest BCUT2D eigenvalue weighted by Gasteiger charge is 2.31. The number of carbonyl (C=O) groups excluding carboxylic acids is 3. The van der Waals surface area contributed by atoms with Crippen molar-refractivity contribution in [2.45, 2.75) is 64.7 Å². The second-order valence-corrected chi connectivity index (χ2v) is 11.7. The minimum atomic E-state index is -3.51. The molecule has 36 heavy (non-hydrogen) atoms. The fourth-order valence-corrected chi connectivity index (χ4v) is 4.45. The molecule has 0 radical (unpaired) electrons. The number of carbonyl (C=O) groups is 3. The van der Waals surface area contributed by atoms with Gasteiger partial charge < -0.3 is 29.2 Å². The smallest absolute Gasteiger partial charge is 0.408 e. The molecule has 2 rings (SSSR count). The fraction of sp³-hybridized carbons (Fsp3) is 0.640. The van der Waals surface area contributed by atoms with Gasteiger partial charge in [0.25, 0.3) is 6.47 Å². The van der Waals surface area contributed by atoms with Gasteiger partial charge in [0.15, 0.2) is 5.78 Å². The van der Waals surface area contributed by atoms with Gasteiger partial charge in [-0.25, -0.2) is 4.79 Å². The minimum Gasteiger partial charge on any atom is -0.462 e. The first-order valence-corrected chi connectivity index (χ1v) is 13.8. The summed E-state index contributed by atoms with van der Waals surface area (Å²) in [5.74, 6) is 0.105. The van der Waals surface area contributed by atoms with Crippen molar-refractivity contribution >= 4 is 25.9 Å². The summed E-state index contributed by atoms with van der Waals surface area (Å²) in [5.41, 5.74) is 0.533. The minimum absolute atomic E-state index is 0.108. The summed E-state index contributed by atoms with van der Waals surface area (Å²) in [6, 6.07) is 8.49. The molecule has 0 aliphatic carbocycles. The van der Waals surface area contributed by atoms with Crippen LogP contribution in [0.5, 0.6) is 0 Å². The molecule has 0 bridgehead atoms. The summed E-state index contributed by atoms with van der Waals surface area (Å²) in [4.78, 5) is 34.6. The van der Waals surface area contributed by atoms with Crippen LogP contribution in [0.15, 0.2) is 30.3 Å². The Bertz CT molecular complexity index is 830. The maximum atomic E-state index is 12.7. The van der Waals surface area contributed by atoms with Crippen LogP contribution in [0.25, 0.3) is 0 Å². The number of ether oxygens (including phenoxy) is 2. The zero-order chi connectivity index (χ0) is 27.0. The Hall–Kier alpha value is -2.26. The number of Topliss-reactive ketones (excluding diaryl/α,β-unsaturated/α-hetero) is 1. The Balaban J connectivity index is 0.000000809. The lowest BCUT2D eigenvalue weighted by atomic mass is 9.91. The van der Waals surface area contributed by atoms with Crippen molar-refractivity contribution in [3.63, 3.8) is 0 Å². The molecule has 1 amide bonds. The van der Waals surface area contributed by atoms with E-state index in [4.69, 9.17) is 13.8 Å². The van der Waals surface area contributed by atoms with Gasteiger partial charge in [0.2, 0.25) is 0 Å². The number of ketones is 1. The zero-order valence-electron chi connectivity index (χ0n) is 22.0. The molecule has 0 aromatic heterocycles. The third kappa shape index (κ3) is 13.7. The van der Waals surface area contributed by atoms with Crippen LogP contribution >= 0.6 is 7.60 Å². The van der Waals surface area contributed by atoms with Crippen molar-refractivity contribution in [2.75, 3.05) is 33.5 Å². The second-order valence-electron chi connectivity index (χ2n) is 9.46. The third-order valence-electron chi connectivity index (χ3n) is 5.52. The van der Waals surface area contributed by atoms with E-state index in [0.717, 1.165) is 37.9 Å². The molecular weight excluding hydrogens is 487 g/mol. The Kier molecular flexibility index (Phi) is 14.5. The average Bonchev–Trinajstić information content (AvgIpc) is 2.86. The first-order chi connectivity index (χ1) is 17.0. The fourth-order valence-electron chi connectivity index (χ4n) is 3.44. The van der Waals surface area contributed by atoms with Crippen molar-refractivity contribution in [3.8, 4) is 0 Å². The molecular formula is C25H41N2O8P. The van der Waals surface area contributed by atoms with Gasteiger partial charge in [-0.15, -0.1) is 0 Å². The summed E-state index contributed by atoms with van der Waals surface area (Å²) in [5, 5.41) is 5.95. The number of piperidine rings is 1. The molecule has 1 aromatic carbocycles. The van der Waals surface area contributed by atoms with Crippen LogP contribution in [0.1, 0.15) is 52.0 Å². The van der Waals surface area contributed by atoms with E-state index in [9.17, 15) is 18.9 Å². The topological polar surface area (TPSA) is 129 Å². The number of rotatable bonds is 12. The van der Waals surface area contributed by atoms with E-state index in [2.05, 4.69) is 15.4 Å². The zero-order valence-corrected chi connectivity index (χ0v) is 22.9. The molecule has 1 aliphatic heterocycles. The quantitative estimate of drug-likeness (QED) is 0.305. The highest BCUT2D eigenvalue weighted by molar-refractivity contribution is 7.54. The van der Waals surface area contributed by atoms with Crippen LogP contribution in [0.2, 0.25) is 0 Å². The van der Waals surface area contributed by atoms with E-state index >= 15 is 0 Å². The first kappa shape index (κ1) is 31.8. The van der Waals surface area contributed by atoms with Gasteiger partial charge in [0.05, 0.1) is 6.04 Å². The molecule has 1 saturated heterocycles. The van der Waals surface area contributed by atoms with E-state index < -0.39 is 25.9 Å². The van der Waals surface area contributed by atoms with Crippen molar-refractivity contribution in [1.29, 1.82) is 0 Å². The van der Waals surface area contributed by atoms with Crippen LogP contribution < -0.4 is 10.6 Å². The molecule has 11 heteroatoms. The maximum absolute atomic E-state index is 12.7. The maximum Gasteiger partial charge on any atom is 0.408 e. The van der Waals surface area contributed by atoms with Crippen molar-refractivity contribution in [3.05, 3.63) is 35.9 Å². The van der Waals surface area contributed by atoms with E-state index in [0.29, 0.717) is 18.8 Å². The molecule has 1 atom stereocenters. The normalized spacial score (nSPS) is 15.1. The van der Waals surface area contributed by atoms with Gasteiger partial charge in [0.1, 0.15) is 18.4 Å². The number of hydrogen-bond donors (Lipinski definition) is 2. The number of hydrogen-bond acceptors (Lipinski definition) is 9. The van der Waals surface area contributed by atoms with E-state index in [1.807, 2.05) is 51.1 Å². The number of amides is 1. The third-order valence-corrected chi connectivity index (χ3v) is 7.33. The van der Waals surface area contributed by atoms with Crippen LogP contribution in [0.3, 0.4) is 0 Å². The number of nitrogens with one attached hydrogen (secondary N) is 2. The number of benzene rings is 1. The SMILES string of the molecule is CC(C)(C)OC=O.COP(=O)(CC(=O)C(CCC1CCNCC1)NC(=O)OCc1ccccc1)OC. The molecule has 204 valence electrons. The summed E-state index contributed by atoms with van der Waals surface area (Å²) in [6.07, 6.45) is 2.25. The molecule has 1 aliphatic rings. The predicted molar refractivity (Wildman–Crippen MR) is 137 cm³/mol. The van der Waals surface area contributed by atoms with Crippen molar-refractivity contribution < 1.29 is 37.5 Å². The molecule has 1 heterocycles. The molecule has 1 fully saturated rings. The Labute approximate surface area is 214 Å². The average molecular weight is 529 g/mol. The first-order valence-electron chi connectivity index (χ1n) is 12.0. The second kappa shape index (κ2) is 16.5. The van der Waals surface area contributed by atoms with Crippen molar-refractivity contribution in [1.82, 2.24) is 10.6 Å². The Morgan fingerprint density at radius 3 is 2.25 bits per heavy atom. The predicted octanol–water partition coefficient (Wildman–Crippen LogP) is 4.07. The standard InChI is InChI=1S/C20H31N2O6P.C5H10O2/c1-26-29(25,27-2)15-19(23)18(9-8-16-10-12-21-13-11-16)22-20(24)28-14-17-6-4-3-5-7-17;1-5(2,3)7-4-6/h3-7,16,18,21H,8-15H2,1-2H3,(H,22,24);4H,1-3H3. The van der Waals surface area contributed by atoms with Gasteiger partial charge in [-0.3, -0.25) is 14.2 Å². The monoisotopic (exact) mass is 528 g/mol. The lowest BCUT2D eigenvalue weighted by molar-refractivity contribution is -0.138.